The van der Waals surface area contributed by atoms with Gasteiger partial charge < -0.3 is 24.8 Å². The van der Waals surface area contributed by atoms with Crippen LogP contribution in [0.15, 0.2) is 29.5 Å². The molecule has 2 aliphatic rings. The molecule has 1 fully saturated rings. The number of benzene rings is 1. The van der Waals surface area contributed by atoms with Gasteiger partial charge in [-0.1, -0.05) is 6.92 Å². The molecule has 0 saturated heterocycles. The van der Waals surface area contributed by atoms with Crippen LogP contribution in [0.1, 0.15) is 44.7 Å². The quantitative estimate of drug-likeness (QED) is 0.774. The maximum Gasteiger partial charge on any atom is 0.338 e. The van der Waals surface area contributed by atoms with Gasteiger partial charge in [0.1, 0.15) is 17.6 Å². The Kier molecular flexibility index (Phi) is 5.58. The third-order valence-corrected chi connectivity index (χ3v) is 5.28. The van der Waals surface area contributed by atoms with Crippen LogP contribution in [0, 0.1) is 5.92 Å². The van der Waals surface area contributed by atoms with Crippen LogP contribution in [-0.2, 0) is 9.53 Å². The number of urea groups is 1. The summed E-state index contributed by atoms with van der Waals surface area (Å²) in [7, 11) is 3.10. The number of amides is 2. The smallest absolute Gasteiger partial charge is 0.338 e. The highest BCUT2D eigenvalue weighted by atomic mass is 16.5. The SMILES string of the molecule is COc1ccc(OC)c([C@H]2NC(=O)NC(C)=C2C(=O)O[C@@H]2CCC[C@H]2C)c1. The summed E-state index contributed by atoms with van der Waals surface area (Å²) < 4.78 is 16.5. The summed E-state index contributed by atoms with van der Waals surface area (Å²) in [6, 6.07) is 4.20. The molecule has 1 aromatic carbocycles. The van der Waals surface area contributed by atoms with Crippen molar-refractivity contribution < 1.29 is 23.8 Å². The molecule has 3 atom stereocenters. The molecule has 0 radical (unpaired) electrons. The highest BCUT2D eigenvalue weighted by Gasteiger charge is 2.36. The van der Waals surface area contributed by atoms with E-state index in [-0.39, 0.29) is 12.1 Å². The van der Waals surface area contributed by atoms with Gasteiger partial charge in [0.05, 0.1) is 25.8 Å². The minimum atomic E-state index is -0.687. The standard InChI is InChI=1S/C20H26N2O5/c1-11-6-5-7-15(11)27-19(23)17-12(2)21-20(24)22-18(17)14-10-13(25-3)8-9-16(14)26-4/h8-11,15,18H,5-7H2,1-4H3,(H2,21,22,24)/t11-,15-,18-/m1/s1. The predicted molar refractivity (Wildman–Crippen MR) is 99.5 cm³/mol. The van der Waals surface area contributed by atoms with Crippen LogP contribution in [-0.4, -0.2) is 32.3 Å². The predicted octanol–water partition coefficient (Wildman–Crippen LogP) is 3.06. The summed E-state index contributed by atoms with van der Waals surface area (Å²) in [5, 5.41) is 5.48. The van der Waals surface area contributed by atoms with E-state index in [0.29, 0.717) is 34.3 Å². The molecule has 27 heavy (non-hydrogen) atoms. The van der Waals surface area contributed by atoms with Crippen molar-refractivity contribution in [3.05, 3.63) is 35.0 Å². The minimum Gasteiger partial charge on any atom is -0.497 e. The molecule has 2 N–H and O–H groups in total. The zero-order valence-electron chi connectivity index (χ0n) is 16.1. The second-order valence-corrected chi connectivity index (χ2v) is 7.03. The van der Waals surface area contributed by atoms with Crippen molar-refractivity contribution in [3.8, 4) is 11.5 Å². The van der Waals surface area contributed by atoms with Gasteiger partial charge >= 0.3 is 12.0 Å². The molecule has 2 amide bonds. The molecule has 7 nitrogen and oxygen atoms in total. The summed E-state index contributed by atoms with van der Waals surface area (Å²) in [5.74, 6) is 1.07. The van der Waals surface area contributed by atoms with Crippen molar-refractivity contribution in [1.29, 1.82) is 0 Å². The second kappa shape index (κ2) is 7.90. The topological polar surface area (TPSA) is 85.9 Å². The van der Waals surface area contributed by atoms with Crippen molar-refractivity contribution in [1.82, 2.24) is 10.6 Å². The fourth-order valence-corrected chi connectivity index (χ4v) is 3.75. The number of hydrogen-bond donors (Lipinski definition) is 2. The molecular weight excluding hydrogens is 348 g/mol. The summed E-state index contributed by atoms with van der Waals surface area (Å²) in [6.45, 7) is 3.79. The van der Waals surface area contributed by atoms with Gasteiger partial charge in [-0.2, -0.15) is 0 Å². The normalized spacial score (nSPS) is 24.9. The van der Waals surface area contributed by atoms with E-state index in [2.05, 4.69) is 17.6 Å². The van der Waals surface area contributed by atoms with Gasteiger partial charge in [-0.3, -0.25) is 0 Å². The number of allylic oxidation sites excluding steroid dienone is 1. The van der Waals surface area contributed by atoms with Crippen LogP contribution in [0.3, 0.4) is 0 Å². The van der Waals surface area contributed by atoms with Gasteiger partial charge in [-0.15, -0.1) is 0 Å². The Hall–Kier alpha value is -2.70. The lowest BCUT2D eigenvalue weighted by atomic mass is 9.94. The zero-order chi connectivity index (χ0) is 19.6. The molecular formula is C20H26N2O5. The maximum absolute atomic E-state index is 13.0. The average Bonchev–Trinajstić information content (AvgIpc) is 3.04. The van der Waals surface area contributed by atoms with Crippen LogP contribution < -0.4 is 20.1 Å². The summed E-state index contributed by atoms with van der Waals surface area (Å²) in [6.07, 6.45) is 2.88. The van der Waals surface area contributed by atoms with E-state index in [1.54, 1.807) is 39.3 Å². The third kappa shape index (κ3) is 3.86. The first-order valence-corrected chi connectivity index (χ1v) is 9.15. The Bertz CT molecular complexity index is 774. The molecule has 0 unspecified atom stereocenters. The Balaban J connectivity index is 1.98. The van der Waals surface area contributed by atoms with Gasteiger partial charge in [0.15, 0.2) is 0 Å². The number of carbonyl (C=O) groups is 2. The van der Waals surface area contributed by atoms with Crippen molar-refractivity contribution in [2.45, 2.75) is 45.3 Å². The van der Waals surface area contributed by atoms with Gasteiger partial charge in [0.25, 0.3) is 0 Å². The number of esters is 1. The summed E-state index contributed by atoms with van der Waals surface area (Å²) >= 11 is 0. The maximum atomic E-state index is 13.0. The van der Waals surface area contributed by atoms with Crippen molar-refractivity contribution in [2.75, 3.05) is 14.2 Å². The number of rotatable bonds is 5. The van der Waals surface area contributed by atoms with Gasteiger partial charge in [-0.05, 0) is 50.3 Å². The molecule has 1 aliphatic heterocycles. The average molecular weight is 374 g/mol. The van der Waals surface area contributed by atoms with Crippen LogP contribution in [0.2, 0.25) is 0 Å². The minimum absolute atomic E-state index is 0.0942. The van der Waals surface area contributed by atoms with Crippen LogP contribution in [0.25, 0.3) is 0 Å². The van der Waals surface area contributed by atoms with E-state index in [4.69, 9.17) is 14.2 Å². The highest BCUT2D eigenvalue weighted by molar-refractivity contribution is 5.95. The van der Waals surface area contributed by atoms with Crippen LogP contribution >= 0.6 is 0 Å². The van der Waals surface area contributed by atoms with Crippen LogP contribution in [0.4, 0.5) is 4.79 Å². The lowest BCUT2D eigenvalue weighted by Crippen LogP contribution is -2.45. The first-order chi connectivity index (χ1) is 12.9. The first-order valence-electron chi connectivity index (χ1n) is 9.15. The van der Waals surface area contributed by atoms with Crippen molar-refractivity contribution >= 4 is 12.0 Å². The highest BCUT2D eigenvalue weighted by Crippen LogP contribution is 2.37. The molecule has 0 bridgehead atoms. The number of methoxy groups -OCH3 is 2. The lowest BCUT2D eigenvalue weighted by Gasteiger charge is -2.30. The van der Waals surface area contributed by atoms with E-state index in [9.17, 15) is 9.59 Å². The third-order valence-electron chi connectivity index (χ3n) is 5.28. The van der Waals surface area contributed by atoms with Gasteiger partial charge in [-0.25, -0.2) is 9.59 Å². The van der Waals surface area contributed by atoms with Gasteiger partial charge in [0, 0.05) is 11.3 Å². The first kappa shape index (κ1) is 19.1. The van der Waals surface area contributed by atoms with Gasteiger partial charge in [0.2, 0.25) is 0 Å². The Morgan fingerprint density at radius 1 is 1.19 bits per heavy atom. The molecule has 3 rings (SSSR count). The Labute approximate surface area is 159 Å². The van der Waals surface area contributed by atoms with E-state index in [1.807, 2.05) is 0 Å². The summed E-state index contributed by atoms with van der Waals surface area (Å²) in [5.41, 5.74) is 1.49. The number of carbonyl (C=O) groups excluding carboxylic acids is 2. The molecule has 1 heterocycles. The van der Waals surface area contributed by atoms with E-state index >= 15 is 0 Å². The fraction of sp³-hybridized carbons (Fsp3) is 0.500. The molecule has 7 heteroatoms. The van der Waals surface area contributed by atoms with Crippen molar-refractivity contribution in [3.63, 3.8) is 0 Å². The molecule has 1 aliphatic carbocycles. The fourth-order valence-electron chi connectivity index (χ4n) is 3.75. The van der Waals surface area contributed by atoms with E-state index in [1.165, 1.54) is 0 Å². The molecule has 0 spiro atoms. The molecule has 1 saturated carbocycles. The number of hydrogen-bond acceptors (Lipinski definition) is 5. The molecule has 146 valence electrons. The number of nitrogens with one attached hydrogen (secondary N) is 2. The largest absolute Gasteiger partial charge is 0.497 e. The van der Waals surface area contributed by atoms with E-state index < -0.39 is 12.0 Å². The monoisotopic (exact) mass is 374 g/mol. The Morgan fingerprint density at radius 2 is 1.96 bits per heavy atom. The molecule has 0 aromatic heterocycles. The second-order valence-electron chi connectivity index (χ2n) is 7.03. The molecule has 1 aromatic rings. The lowest BCUT2D eigenvalue weighted by molar-refractivity contribution is -0.146. The Morgan fingerprint density at radius 3 is 2.59 bits per heavy atom. The summed E-state index contributed by atoms with van der Waals surface area (Å²) in [4.78, 5) is 25.1. The number of ether oxygens (including phenoxy) is 3. The van der Waals surface area contributed by atoms with Crippen LogP contribution in [0.5, 0.6) is 11.5 Å². The zero-order valence-corrected chi connectivity index (χ0v) is 16.1. The van der Waals surface area contributed by atoms with E-state index in [0.717, 1.165) is 19.3 Å². The van der Waals surface area contributed by atoms with Crippen molar-refractivity contribution in [2.24, 2.45) is 5.92 Å².